The number of ketones is 1. The quantitative estimate of drug-likeness (QED) is 0.466. The van der Waals surface area contributed by atoms with Gasteiger partial charge in [-0.05, 0) is 24.1 Å². The van der Waals surface area contributed by atoms with Crippen molar-refractivity contribution in [2.45, 2.75) is 12.3 Å². The van der Waals surface area contributed by atoms with E-state index in [0.29, 0.717) is 6.42 Å². The largest absolute Gasteiger partial charge is 0.468 e. The lowest BCUT2D eigenvalue weighted by Crippen LogP contribution is -2.37. The number of Topliss-reactive ketones (excluding diaryl/α,β-unsaturated/α-hetero) is 1. The maximum Gasteiger partial charge on any atom is 0.341 e. The zero-order chi connectivity index (χ0) is 16.3. The van der Waals surface area contributed by atoms with Crippen molar-refractivity contribution in [1.82, 2.24) is 0 Å². The molecule has 0 saturated carbocycles. The third kappa shape index (κ3) is 3.11. The van der Waals surface area contributed by atoms with E-state index in [0.717, 1.165) is 10.0 Å². The second kappa shape index (κ2) is 6.87. The Morgan fingerprint density at radius 3 is 2.32 bits per heavy atom. The number of ether oxygens (including phenoxy) is 2. The second-order valence-corrected chi connectivity index (χ2v) is 5.78. The Hall–Kier alpha value is -1.95. The molecule has 0 amide bonds. The first kappa shape index (κ1) is 16.4. The maximum atomic E-state index is 12.5. The molecule has 0 bridgehead atoms. The highest BCUT2D eigenvalue weighted by Crippen LogP contribution is 2.36. The van der Waals surface area contributed by atoms with Crippen LogP contribution >= 0.6 is 15.9 Å². The van der Waals surface area contributed by atoms with E-state index in [2.05, 4.69) is 20.7 Å². The smallest absolute Gasteiger partial charge is 0.341 e. The summed E-state index contributed by atoms with van der Waals surface area (Å²) in [6.07, 6.45) is 1.91. The molecule has 22 heavy (non-hydrogen) atoms. The third-order valence-electron chi connectivity index (χ3n) is 3.68. The molecule has 0 aromatic heterocycles. The van der Waals surface area contributed by atoms with Gasteiger partial charge < -0.3 is 9.47 Å². The predicted molar refractivity (Wildman–Crippen MR) is 82.1 cm³/mol. The molecule has 1 aliphatic carbocycles. The number of benzene rings is 1. The Bertz CT molecular complexity index is 632. The molecule has 1 aromatic carbocycles. The average molecular weight is 367 g/mol. The summed E-state index contributed by atoms with van der Waals surface area (Å²) in [6, 6.07) is 7.37. The average Bonchev–Trinajstić information content (AvgIpc) is 2.54. The van der Waals surface area contributed by atoms with Gasteiger partial charge in [0.05, 0.1) is 19.8 Å². The summed E-state index contributed by atoms with van der Waals surface area (Å²) in [5.41, 5.74) is 0.748. The number of halogens is 1. The molecule has 2 atom stereocenters. The van der Waals surface area contributed by atoms with E-state index >= 15 is 0 Å². The third-order valence-corrected chi connectivity index (χ3v) is 4.21. The van der Waals surface area contributed by atoms with Gasteiger partial charge in [-0.25, -0.2) is 4.79 Å². The van der Waals surface area contributed by atoms with Gasteiger partial charge in [0.15, 0.2) is 5.78 Å². The number of rotatable bonds is 3. The van der Waals surface area contributed by atoms with E-state index in [9.17, 15) is 14.4 Å². The van der Waals surface area contributed by atoms with Crippen LogP contribution in [0.2, 0.25) is 0 Å². The molecular formula is C16H15BrO5. The van der Waals surface area contributed by atoms with Crippen molar-refractivity contribution in [3.05, 3.63) is 46.0 Å². The van der Waals surface area contributed by atoms with Crippen molar-refractivity contribution in [1.29, 1.82) is 0 Å². The zero-order valence-electron chi connectivity index (χ0n) is 12.2. The highest BCUT2D eigenvalue weighted by atomic mass is 79.9. The highest BCUT2D eigenvalue weighted by Gasteiger charge is 2.42. The summed E-state index contributed by atoms with van der Waals surface area (Å²) in [4.78, 5) is 36.2. The number of carbonyl (C=O) groups excluding carboxylic acids is 3. The molecule has 0 aliphatic heterocycles. The van der Waals surface area contributed by atoms with Crippen LogP contribution in [0.4, 0.5) is 0 Å². The number of carbonyl (C=O) groups is 3. The van der Waals surface area contributed by atoms with Gasteiger partial charge in [-0.1, -0.05) is 34.1 Å². The Morgan fingerprint density at radius 2 is 1.77 bits per heavy atom. The molecule has 2 rings (SSSR count). The molecule has 0 N–H and O–H groups in total. The van der Waals surface area contributed by atoms with Gasteiger partial charge in [-0.2, -0.15) is 0 Å². The van der Waals surface area contributed by atoms with E-state index < -0.39 is 23.6 Å². The molecule has 1 aromatic rings. The summed E-state index contributed by atoms with van der Waals surface area (Å²) >= 11 is 3.35. The van der Waals surface area contributed by atoms with Gasteiger partial charge >= 0.3 is 11.9 Å². The van der Waals surface area contributed by atoms with Gasteiger partial charge in [0.25, 0.3) is 0 Å². The van der Waals surface area contributed by atoms with Crippen LogP contribution in [0.5, 0.6) is 0 Å². The molecule has 5 nitrogen and oxygen atoms in total. The van der Waals surface area contributed by atoms with Crippen molar-refractivity contribution >= 4 is 33.7 Å². The van der Waals surface area contributed by atoms with Gasteiger partial charge in [0.2, 0.25) is 0 Å². The molecule has 0 heterocycles. The summed E-state index contributed by atoms with van der Waals surface area (Å²) in [6.45, 7) is 0. The minimum Gasteiger partial charge on any atom is -0.468 e. The lowest BCUT2D eigenvalue weighted by molar-refractivity contribution is -0.150. The lowest BCUT2D eigenvalue weighted by atomic mass is 9.75. The molecular weight excluding hydrogens is 352 g/mol. The monoisotopic (exact) mass is 366 g/mol. The first-order valence-electron chi connectivity index (χ1n) is 6.65. The first-order chi connectivity index (χ1) is 10.5. The normalized spacial score (nSPS) is 21.0. The molecule has 0 spiro atoms. The fourth-order valence-corrected chi connectivity index (χ4v) is 2.83. The fraction of sp³-hybridized carbons (Fsp3) is 0.312. The van der Waals surface area contributed by atoms with Crippen molar-refractivity contribution < 1.29 is 23.9 Å². The van der Waals surface area contributed by atoms with Crippen LogP contribution < -0.4 is 0 Å². The van der Waals surface area contributed by atoms with Crippen molar-refractivity contribution in [3.8, 4) is 0 Å². The van der Waals surface area contributed by atoms with E-state index in [4.69, 9.17) is 4.74 Å². The zero-order valence-corrected chi connectivity index (χ0v) is 13.8. The van der Waals surface area contributed by atoms with E-state index in [1.54, 1.807) is 0 Å². The van der Waals surface area contributed by atoms with Crippen LogP contribution in [0, 0.1) is 5.92 Å². The number of hydrogen-bond acceptors (Lipinski definition) is 5. The standard InChI is InChI=1S/C16H15BrO5/c1-21-15(19)12-8-7-11(9-3-5-10(17)6-4-9)13(14(12)18)16(20)22-2/h3-6,8,11,13H,7H2,1-2H3/t11-,13?/m0/s1. The van der Waals surface area contributed by atoms with Gasteiger partial charge in [0.1, 0.15) is 5.92 Å². The Labute approximate surface area is 136 Å². The second-order valence-electron chi connectivity index (χ2n) is 4.87. The van der Waals surface area contributed by atoms with Gasteiger partial charge in [-0.15, -0.1) is 0 Å². The molecule has 0 radical (unpaired) electrons. The van der Waals surface area contributed by atoms with Crippen LogP contribution in [0.1, 0.15) is 17.9 Å². The van der Waals surface area contributed by atoms with Crippen LogP contribution in [0.3, 0.4) is 0 Å². The molecule has 1 unspecified atom stereocenters. The molecule has 0 fully saturated rings. The van der Waals surface area contributed by atoms with Crippen LogP contribution in [0.15, 0.2) is 40.4 Å². The highest BCUT2D eigenvalue weighted by molar-refractivity contribution is 9.10. The lowest BCUT2D eigenvalue weighted by Gasteiger charge is -2.27. The van der Waals surface area contributed by atoms with E-state index in [1.807, 2.05) is 24.3 Å². The summed E-state index contributed by atoms with van der Waals surface area (Å²) in [7, 11) is 2.43. The summed E-state index contributed by atoms with van der Waals surface area (Å²) < 4.78 is 10.2. The number of methoxy groups -OCH3 is 2. The Morgan fingerprint density at radius 1 is 1.14 bits per heavy atom. The Balaban J connectivity index is 2.42. The molecule has 0 saturated heterocycles. The summed E-state index contributed by atoms with van der Waals surface area (Å²) in [5.74, 6) is -3.33. The maximum absolute atomic E-state index is 12.5. The van der Waals surface area contributed by atoms with Crippen molar-refractivity contribution in [2.75, 3.05) is 14.2 Å². The van der Waals surface area contributed by atoms with E-state index in [1.165, 1.54) is 20.3 Å². The minimum absolute atomic E-state index is 0.0914. The summed E-state index contributed by atoms with van der Waals surface area (Å²) in [5, 5.41) is 0. The van der Waals surface area contributed by atoms with Crippen LogP contribution in [-0.2, 0) is 23.9 Å². The molecule has 1 aliphatic rings. The predicted octanol–water partition coefficient (Wildman–Crippen LogP) is 2.39. The first-order valence-corrected chi connectivity index (χ1v) is 7.44. The number of esters is 2. The van der Waals surface area contributed by atoms with Crippen LogP contribution in [-0.4, -0.2) is 31.9 Å². The van der Waals surface area contributed by atoms with Gasteiger partial charge in [0, 0.05) is 10.4 Å². The van der Waals surface area contributed by atoms with E-state index in [-0.39, 0.29) is 11.5 Å². The number of allylic oxidation sites excluding steroid dienone is 1. The topological polar surface area (TPSA) is 69.7 Å². The SMILES string of the molecule is COC(=O)C1=CC[C@@H](c2ccc(Br)cc2)C(C(=O)OC)C1=O. The van der Waals surface area contributed by atoms with Crippen molar-refractivity contribution in [2.24, 2.45) is 5.92 Å². The number of hydrogen-bond donors (Lipinski definition) is 0. The van der Waals surface area contributed by atoms with Gasteiger partial charge in [-0.3, -0.25) is 9.59 Å². The Kier molecular flexibility index (Phi) is 5.13. The van der Waals surface area contributed by atoms with Crippen molar-refractivity contribution in [3.63, 3.8) is 0 Å². The minimum atomic E-state index is -1.04. The fourth-order valence-electron chi connectivity index (χ4n) is 2.56. The molecule has 6 heteroatoms. The van der Waals surface area contributed by atoms with Crippen LogP contribution in [0.25, 0.3) is 0 Å². The molecule has 116 valence electrons.